The number of rotatable bonds is 4. The van der Waals surface area contributed by atoms with Gasteiger partial charge in [0.1, 0.15) is 11.5 Å². The Labute approximate surface area is 236 Å². The van der Waals surface area contributed by atoms with Gasteiger partial charge in [-0.1, -0.05) is 42.5 Å². The third kappa shape index (κ3) is 3.51. The van der Waals surface area contributed by atoms with E-state index in [9.17, 15) is 24.6 Å². The highest BCUT2D eigenvalue weighted by Crippen LogP contribution is 2.54. The smallest absolute Gasteiger partial charge is 0.300 e. The first-order valence-corrected chi connectivity index (χ1v) is 13.1. The molecule has 3 aromatic carbocycles. The van der Waals surface area contributed by atoms with Gasteiger partial charge in [-0.05, 0) is 56.2 Å². The van der Waals surface area contributed by atoms with E-state index in [-0.39, 0.29) is 22.6 Å². The standard InChI is InChI=1S/C32H28N2O7/c1-31(2)16-19-14-24(40-3)25(41-4)15-20(19)22-17-32(30(39)34(22)31)26(27(36)18-10-6-5-7-11-18)28(37)29(38)33(32)21-12-8-9-13-23(21)35/h5-15,17,35-36H,16H2,1-4H3/b27-26-. The van der Waals surface area contributed by atoms with Crippen LogP contribution in [0.3, 0.4) is 0 Å². The first-order chi connectivity index (χ1) is 19.6. The molecule has 1 unspecified atom stereocenters. The quantitative estimate of drug-likeness (QED) is 0.282. The highest BCUT2D eigenvalue weighted by atomic mass is 16.5. The van der Waals surface area contributed by atoms with Crippen molar-refractivity contribution in [1.82, 2.24) is 4.90 Å². The molecule has 0 radical (unpaired) electrons. The number of fused-ring (bicyclic) bond motifs is 3. The summed E-state index contributed by atoms with van der Waals surface area (Å²) in [5.74, 6) is -2.49. The first kappa shape index (κ1) is 26.2. The number of Topliss-reactive ketones (excluding diaryl/α,β-unsaturated/α-hetero) is 1. The molecule has 2 N–H and O–H groups in total. The first-order valence-electron chi connectivity index (χ1n) is 13.1. The topological polar surface area (TPSA) is 117 Å². The second-order valence-corrected chi connectivity index (χ2v) is 10.8. The molecule has 0 aliphatic carbocycles. The van der Waals surface area contributed by atoms with Crippen molar-refractivity contribution in [3.05, 3.63) is 95.1 Å². The zero-order valence-corrected chi connectivity index (χ0v) is 23.0. The van der Waals surface area contributed by atoms with Gasteiger partial charge in [0.05, 0.1) is 31.2 Å². The van der Waals surface area contributed by atoms with Gasteiger partial charge in [0.15, 0.2) is 17.0 Å². The molecule has 3 aliphatic rings. The van der Waals surface area contributed by atoms with Gasteiger partial charge in [0.25, 0.3) is 11.7 Å². The predicted octanol–water partition coefficient (Wildman–Crippen LogP) is 4.25. The molecule has 41 heavy (non-hydrogen) atoms. The van der Waals surface area contributed by atoms with Crippen molar-refractivity contribution in [3.63, 3.8) is 0 Å². The van der Waals surface area contributed by atoms with Gasteiger partial charge in [-0.2, -0.15) is 0 Å². The number of nitrogens with zero attached hydrogens (tertiary/aromatic N) is 2. The van der Waals surface area contributed by atoms with E-state index in [1.54, 1.807) is 66.6 Å². The number of aliphatic hydroxyl groups is 1. The summed E-state index contributed by atoms with van der Waals surface area (Å²) in [4.78, 5) is 45.0. The lowest BCUT2D eigenvalue weighted by atomic mass is 9.84. The van der Waals surface area contributed by atoms with Crippen LogP contribution in [-0.4, -0.2) is 58.0 Å². The highest BCUT2D eigenvalue weighted by Gasteiger charge is 2.67. The fraction of sp³-hybridized carbons (Fsp3) is 0.219. The van der Waals surface area contributed by atoms with Gasteiger partial charge in [-0.25, -0.2) is 0 Å². The van der Waals surface area contributed by atoms with Crippen LogP contribution >= 0.6 is 0 Å². The van der Waals surface area contributed by atoms with Gasteiger partial charge in [-0.3, -0.25) is 19.3 Å². The molecule has 1 atom stereocenters. The molecule has 2 amide bonds. The van der Waals surface area contributed by atoms with E-state index in [2.05, 4.69) is 0 Å². The van der Waals surface area contributed by atoms with Crippen molar-refractivity contribution in [3.8, 4) is 17.2 Å². The van der Waals surface area contributed by atoms with Crippen LogP contribution in [0.25, 0.3) is 11.5 Å². The van der Waals surface area contributed by atoms with E-state index >= 15 is 0 Å². The maximum atomic E-state index is 14.8. The molecular weight excluding hydrogens is 524 g/mol. The Balaban J connectivity index is 1.72. The molecule has 0 aromatic heterocycles. The number of hydrogen-bond donors (Lipinski definition) is 2. The lowest BCUT2D eigenvalue weighted by Crippen LogP contribution is -2.58. The minimum atomic E-state index is -2.08. The van der Waals surface area contributed by atoms with Crippen LogP contribution in [0.15, 0.2) is 78.4 Å². The predicted molar refractivity (Wildman–Crippen MR) is 151 cm³/mol. The number of ketones is 1. The summed E-state index contributed by atoms with van der Waals surface area (Å²) in [7, 11) is 3.05. The molecule has 9 nitrogen and oxygen atoms in total. The van der Waals surface area contributed by atoms with Crippen LogP contribution in [0, 0.1) is 0 Å². The number of aromatic hydroxyl groups is 1. The number of para-hydroxylation sites is 2. The number of amides is 2. The highest BCUT2D eigenvalue weighted by molar-refractivity contribution is 6.55. The Morgan fingerprint density at radius 1 is 0.878 bits per heavy atom. The van der Waals surface area contributed by atoms with Crippen molar-refractivity contribution in [1.29, 1.82) is 0 Å². The Morgan fingerprint density at radius 2 is 1.51 bits per heavy atom. The van der Waals surface area contributed by atoms with E-state index in [4.69, 9.17) is 9.47 Å². The summed E-state index contributed by atoms with van der Waals surface area (Å²) in [6.45, 7) is 3.78. The van der Waals surface area contributed by atoms with Crippen LogP contribution in [0.1, 0.15) is 30.5 Å². The number of benzene rings is 3. The molecule has 1 saturated heterocycles. The second kappa shape index (κ2) is 8.99. The number of hydrogen-bond acceptors (Lipinski definition) is 7. The Morgan fingerprint density at radius 3 is 2.17 bits per heavy atom. The van der Waals surface area contributed by atoms with Crippen LogP contribution < -0.4 is 14.4 Å². The molecule has 3 heterocycles. The molecule has 9 heteroatoms. The minimum Gasteiger partial charge on any atom is -0.507 e. The molecule has 6 rings (SSSR count). The Kier molecular flexibility index (Phi) is 5.74. The second-order valence-electron chi connectivity index (χ2n) is 10.8. The molecule has 3 aliphatic heterocycles. The van der Waals surface area contributed by atoms with Crippen LogP contribution in [0.5, 0.6) is 17.2 Å². The van der Waals surface area contributed by atoms with Crippen LogP contribution in [0.4, 0.5) is 5.69 Å². The zero-order chi connectivity index (χ0) is 29.3. The molecular formula is C32H28N2O7. The van der Waals surface area contributed by atoms with Crippen molar-refractivity contribution in [2.45, 2.75) is 31.3 Å². The van der Waals surface area contributed by atoms with E-state index in [1.807, 2.05) is 19.9 Å². The number of phenolic OH excluding ortho intramolecular Hbond substituents is 1. The lowest BCUT2D eigenvalue weighted by molar-refractivity contribution is -0.134. The lowest BCUT2D eigenvalue weighted by Gasteiger charge is -2.44. The summed E-state index contributed by atoms with van der Waals surface area (Å²) < 4.78 is 11.1. The Bertz CT molecular complexity index is 1710. The molecule has 1 spiro atoms. The van der Waals surface area contributed by atoms with Crippen LogP contribution in [0.2, 0.25) is 0 Å². The largest absolute Gasteiger partial charge is 0.507 e. The summed E-state index contributed by atoms with van der Waals surface area (Å²) in [6, 6.07) is 17.9. The number of anilines is 1. The normalized spacial score (nSPS) is 22.0. The summed E-state index contributed by atoms with van der Waals surface area (Å²) in [5, 5.41) is 22.4. The van der Waals surface area contributed by atoms with Gasteiger partial charge < -0.3 is 24.6 Å². The third-order valence-corrected chi connectivity index (χ3v) is 7.99. The van der Waals surface area contributed by atoms with Crippen molar-refractivity contribution in [2.24, 2.45) is 0 Å². The summed E-state index contributed by atoms with van der Waals surface area (Å²) >= 11 is 0. The van der Waals surface area contributed by atoms with Gasteiger partial charge >= 0.3 is 5.91 Å². The number of carbonyl (C=O) groups is 3. The van der Waals surface area contributed by atoms with Crippen molar-refractivity contribution < 1.29 is 34.1 Å². The maximum absolute atomic E-state index is 14.8. The number of methoxy groups -OCH3 is 2. The van der Waals surface area contributed by atoms with E-state index in [0.29, 0.717) is 29.2 Å². The van der Waals surface area contributed by atoms with E-state index in [0.717, 1.165) is 10.5 Å². The number of carbonyl (C=O) groups excluding carboxylic acids is 3. The van der Waals surface area contributed by atoms with Crippen molar-refractivity contribution in [2.75, 3.05) is 19.1 Å². The molecule has 3 aromatic rings. The van der Waals surface area contributed by atoms with Gasteiger partial charge in [-0.15, -0.1) is 0 Å². The molecule has 1 fully saturated rings. The third-order valence-electron chi connectivity index (χ3n) is 7.99. The fourth-order valence-electron chi connectivity index (χ4n) is 6.23. The summed E-state index contributed by atoms with van der Waals surface area (Å²) in [5.41, 5.74) is -1.02. The van der Waals surface area contributed by atoms with E-state index < -0.39 is 34.4 Å². The minimum absolute atomic E-state index is 0.0305. The van der Waals surface area contributed by atoms with E-state index in [1.165, 1.54) is 19.2 Å². The monoisotopic (exact) mass is 552 g/mol. The number of aliphatic hydroxyl groups excluding tert-OH is 1. The average Bonchev–Trinajstić information content (AvgIpc) is 3.38. The Hall–Kier alpha value is -5.05. The fourth-order valence-corrected chi connectivity index (χ4v) is 6.23. The van der Waals surface area contributed by atoms with Crippen molar-refractivity contribution >= 4 is 34.7 Å². The maximum Gasteiger partial charge on any atom is 0.300 e. The number of phenols is 1. The number of ether oxygens (including phenoxy) is 2. The molecule has 208 valence electrons. The molecule has 0 saturated carbocycles. The SMILES string of the molecule is COc1cc2c(cc1OC)C1=CC3(C(=O)N1C(C)(C)C2)/C(=C(\O)c1ccccc1)C(=O)C(=O)N3c1ccccc1O. The molecule has 0 bridgehead atoms. The van der Waals surface area contributed by atoms with Crippen LogP contribution in [-0.2, 0) is 20.8 Å². The zero-order valence-electron chi connectivity index (χ0n) is 23.0. The van der Waals surface area contributed by atoms with Gasteiger partial charge in [0, 0.05) is 16.7 Å². The summed E-state index contributed by atoms with van der Waals surface area (Å²) in [6.07, 6.45) is 1.98. The van der Waals surface area contributed by atoms with Gasteiger partial charge in [0.2, 0.25) is 0 Å². The average molecular weight is 553 g/mol.